The van der Waals surface area contributed by atoms with Crippen molar-refractivity contribution in [3.63, 3.8) is 0 Å². The van der Waals surface area contributed by atoms with Gasteiger partial charge >= 0.3 is 0 Å². The first-order valence-corrected chi connectivity index (χ1v) is 7.66. The molecule has 1 N–H and O–H groups in total. The van der Waals surface area contributed by atoms with Crippen LogP contribution in [0, 0.1) is 13.8 Å². The van der Waals surface area contributed by atoms with Gasteiger partial charge in [-0.05, 0) is 38.0 Å². The highest BCUT2D eigenvalue weighted by Gasteiger charge is 2.29. The van der Waals surface area contributed by atoms with E-state index in [4.69, 9.17) is 0 Å². The van der Waals surface area contributed by atoms with Gasteiger partial charge in [0.25, 0.3) is 0 Å². The van der Waals surface area contributed by atoms with Gasteiger partial charge in [-0.2, -0.15) is 4.31 Å². The summed E-state index contributed by atoms with van der Waals surface area (Å²) in [4.78, 5) is 0.441. The molecule has 0 radical (unpaired) electrons. The van der Waals surface area contributed by atoms with Crippen LogP contribution in [-0.2, 0) is 10.0 Å². The first-order chi connectivity index (χ1) is 8.41. The zero-order chi connectivity index (χ0) is 13.3. The van der Waals surface area contributed by atoms with Gasteiger partial charge in [0.15, 0.2) is 0 Å². The molecule has 1 heterocycles. The van der Waals surface area contributed by atoms with Crippen LogP contribution in [0.1, 0.15) is 18.1 Å². The van der Waals surface area contributed by atoms with Gasteiger partial charge in [0.1, 0.15) is 0 Å². The third-order valence-electron chi connectivity index (χ3n) is 3.29. The highest BCUT2D eigenvalue weighted by Crippen LogP contribution is 2.22. The number of hydrogen-bond donors (Lipinski definition) is 1. The molecule has 1 aliphatic rings. The Kier molecular flexibility index (Phi) is 5.38. The Balaban J connectivity index is 0.00000180. The first-order valence-electron chi connectivity index (χ1n) is 6.22. The molecule has 1 aromatic carbocycles. The fourth-order valence-electron chi connectivity index (χ4n) is 2.24. The average Bonchev–Trinajstić information content (AvgIpc) is 2.32. The van der Waals surface area contributed by atoms with Gasteiger partial charge in [0.2, 0.25) is 10.0 Å². The number of nitrogens with zero attached hydrogens (tertiary/aromatic N) is 1. The molecule has 6 heteroatoms. The van der Waals surface area contributed by atoms with Crippen LogP contribution in [0.5, 0.6) is 0 Å². The van der Waals surface area contributed by atoms with Gasteiger partial charge < -0.3 is 5.32 Å². The Morgan fingerprint density at radius 1 is 1.32 bits per heavy atom. The fraction of sp³-hybridized carbons (Fsp3) is 0.538. The Labute approximate surface area is 121 Å². The SMILES string of the molecule is Cc1ccc(C)c(S(=O)(=O)N2CCN[C@@H](C)C2)c1.Cl. The Hall–Kier alpha value is -0.620. The molecule has 0 bridgehead atoms. The lowest BCUT2D eigenvalue weighted by atomic mass is 10.2. The minimum Gasteiger partial charge on any atom is -0.312 e. The number of benzene rings is 1. The molecule has 0 saturated carbocycles. The molecule has 1 atom stereocenters. The number of hydrogen-bond acceptors (Lipinski definition) is 3. The van der Waals surface area contributed by atoms with Crippen molar-refractivity contribution >= 4 is 22.4 Å². The summed E-state index contributed by atoms with van der Waals surface area (Å²) in [7, 11) is -3.35. The summed E-state index contributed by atoms with van der Waals surface area (Å²) in [6.07, 6.45) is 0. The number of rotatable bonds is 2. The van der Waals surface area contributed by atoms with Crippen LogP contribution in [0.25, 0.3) is 0 Å². The van der Waals surface area contributed by atoms with E-state index in [1.54, 1.807) is 10.4 Å². The normalized spacial score (nSPS) is 20.9. The second-order valence-electron chi connectivity index (χ2n) is 4.99. The molecule has 1 saturated heterocycles. The molecule has 1 aliphatic heterocycles. The first kappa shape index (κ1) is 16.4. The van der Waals surface area contributed by atoms with E-state index >= 15 is 0 Å². The zero-order valence-electron chi connectivity index (χ0n) is 11.5. The van der Waals surface area contributed by atoms with E-state index in [0.717, 1.165) is 11.1 Å². The molecular weight excluding hydrogens is 284 g/mol. The van der Waals surface area contributed by atoms with Gasteiger partial charge in [-0.15, -0.1) is 12.4 Å². The summed E-state index contributed by atoms with van der Waals surface area (Å²) >= 11 is 0. The summed E-state index contributed by atoms with van der Waals surface area (Å²) in [5.74, 6) is 0. The summed E-state index contributed by atoms with van der Waals surface area (Å²) < 4.78 is 26.8. The molecule has 4 nitrogen and oxygen atoms in total. The van der Waals surface area contributed by atoms with E-state index in [1.165, 1.54) is 0 Å². The monoisotopic (exact) mass is 304 g/mol. The summed E-state index contributed by atoms with van der Waals surface area (Å²) in [5.41, 5.74) is 1.79. The lowest BCUT2D eigenvalue weighted by molar-refractivity contribution is 0.310. The largest absolute Gasteiger partial charge is 0.312 e. The molecule has 0 unspecified atom stereocenters. The van der Waals surface area contributed by atoms with Gasteiger partial charge in [-0.3, -0.25) is 0 Å². The van der Waals surface area contributed by atoms with Gasteiger partial charge in [-0.25, -0.2) is 8.42 Å². The van der Waals surface area contributed by atoms with Crippen molar-refractivity contribution in [3.8, 4) is 0 Å². The molecule has 0 aliphatic carbocycles. The van der Waals surface area contributed by atoms with E-state index in [2.05, 4.69) is 5.32 Å². The summed E-state index contributed by atoms with van der Waals surface area (Å²) in [6.45, 7) is 7.56. The van der Waals surface area contributed by atoms with Crippen molar-refractivity contribution in [1.82, 2.24) is 9.62 Å². The fourth-order valence-corrected chi connectivity index (χ4v) is 4.08. The van der Waals surface area contributed by atoms with Crippen LogP contribution in [0.4, 0.5) is 0 Å². The van der Waals surface area contributed by atoms with E-state index < -0.39 is 10.0 Å². The second-order valence-corrected chi connectivity index (χ2v) is 6.89. The molecule has 0 aromatic heterocycles. The molecule has 1 fully saturated rings. The van der Waals surface area contributed by atoms with Gasteiger partial charge in [-0.1, -0.05) is 12.1 Å². The number of sulfonamides is 1. The molecule has 0 spiro atoms. The van der Waals surface area contributed by atoms with Crippen molar-refractivity contribution < 1.29 is 8.42 Å². The lowest BCUT2D eigenvalue weighted by Gasteiger charge is -2.31. The molecule has 108 valence electrons. The standard InChI is InChI=1S/C13H20N2O2S.ClH/c1-10-4-5-11(2)13(8-10)18(16,17)15-7-6-14-12(3)9-15;/h4-5,8,12,14H,6-7,9H2,1-3H3;1H/t12-;/m0./s1. The second kappa shape index (κ2) is 6.22. The average molecular weight is 305 g/mol. The van der Waals surface area contributed by atoms with Gasteiger partial charge in [0.05, 0.1) is 4.90 Å². The lowest BCUT2D eigenvalue weighted by Crippen LogP contribution is -2.51. The van der Waals surface area contributed by atoms with Crippen LogP contribution in [-0.4, -0.2) is 38.4 Å². The molecule has 19 heavy (non-hydrogen) atoms. The van der Waals surface area contributed by atoms with Crippen molar-refractivity contribution in [2.24, 2.45) is 0 Å². The number of halogens is 1. The maximum absolute atomic E-state index is 12.6. The zero-order valence-corrected chi connectivity index (χ0v) is 13.1. The maximum Gasteiger partial charge on any atom is 0.243 e. The Morgan fingerprint density at radius 3 is 2.63 bits per heavy atom. The molecule has 1 aromatic rings. The van der Waals surface area contributed by atoms with E-state index in [1.807, 2.05) is 32.9 Å². The van der Waals surface area contributed by atoms with Crippen molar-refractivity contribution in [2.75, 3.05) is 19.6 Å². The Bertz CT molecular complexity index is 546. The van der Waals surface area contributed by atoms with E-state index in [9.17, 15) is 8.42 Å². The Morgan fingerprint density at radius 2 is 2.00 bits per heavy atom. The van der Waals surface area contributed by atoms with Crippen LogP contribution in [0.15, 0.2) is 23.1 Å². The quantitative estimate of drug-likeness (QED) is 0.905. The third-order valence-corrected chi connectivity index (χ3v) is 5.30. The van der Waals surface area contributed by atoms with Crippen LogP contribution >= 0.6 is 12.4 Å². The van der Waals surface area contributed by atoms with Gasteiger partial charge in [0, 0.05) is 25.7 Å². The predicted octanol–water partition coefficient (Wildman–Crippen LogP) is 1.71. The molecule has 2 rings (SSSR count). The highest BCUT2D eigenvalue weighted by atomic mass is 35.5. The number of aryl methyl sites for hydroxylation is 2. The molecule has 0 amide bonds. The molecular formula is C13H21ClN2O2S. The van der Waals surface area contributed by atoms with Crippen molar-refractivity contribution in [3.05, 3.63) is 29.3 Å². The highest BCUT2D eigenvalue weighted by molar-refractivity contribution is 7.89. The van der Waals surface area contributed by atoms with Crippen LogP contribution in [0.3, 0.4) is 0 Å². The van der Waals surface area contributed by atoms with Crippen LogP contribution in [0.2, 0.25) is 0 Å². The number of piperazine rings is 1. The minimum absolute atomic E-state index is 0. The van der Waals surface area contributed by atoms with E-state index in [-0.39, 0.29) is 18.4 Å². The van der Waals surface area contributed by atoms with Crippen LogP contribution < -0.4 is 5.32 Å². The summed E-state index contributed by atoms with van der Waals surface area (Å²) in [5, 5.41) is 3.26. The third kappa shape index (κ3) is 3.48. The van der Waals surface area contributed by atoms with E-state index in [0.29, 0.717) is 24.5 Å². The smallest absolute Gasteiger partial charge is 0.243 e. The summed E-state index contributed by atoms with van der Waals surface area (Å²) in [6, 6.07) is 5.78. The maximum atomic E-state index is 12.6. The topological polar surface area (TPSA) is 49.4 Å². The predicted molar refractivity (Wildman–Crippen MR) is 79.4 cm³/mol. The number of nitrogens with one attached hydrogen (secondary N) is 1. The minimum atomic E-state index is -3.35. The van der Waals surface area contributed by atoms with Crippen molar-refractivity contribution in [1.29, 1.82) is 0 Å². The van der Waals surface area contributed by atoms with Crippen molar-refractivity contribution in [2.45, 2.75) is 31.7 Å².